The molecule has 168 valence electrons. The fraction of sp³-hybridized carbons (Fsp3) is 0.208. The predicted octanol–water partition coefficient (Wildman–Crippen LogP) is 3.30. The number of hydrogen-bond donors (Lipinski definition) is 2. The normalized spacial score (nSPS) is 10.9. The third kappa shape index (κ3) is 5.05. The Morgan fingerprint density at radius 3 is 2.70 bits per heavy atom. The summed E-state index contributed by atoms with van der Waals surface area (Å²) in [6.07, 6.45) is 2.16. The second kappa shape index (κ2) is 9.85. The third-order valence-corrected chi connectivity index (χ3v) is 6.08. The number of nitrogens with zero attached hydrogens (tertiary/aromatic N) is 4. The predicted molar refractivity (Wildman–Crippen MR) is 128 cm³/mol. The van der Waals surface area contributed by atoms with Gasteiger partial charge in [0.05, 0.1) is 34.6 Å². The van der Waals surface area contributed by atoms with Gasteiger partial charge in [-0.1, -0.05) is 18.2 Å². The summed E-state index contributed by atoms with van der Waals surface area (Å²) in [5, 5.41) is 11.9. The molecule has 2 aromatic heterocycles. The molecule has 4 rings (SSSR count). The van der Waals surface area contributed by atoms with Crippen LogP contribution < -0.4 is 5.32 Å². The number of para-hydroxylation sites is 2. The molecule has 0 aliphatic heterocycles. The number of aromatic nitrogens is 3. The number of hydrogen-bond acceptors (Lipinski definition) is 7. The highest BCUT2D eigenvalue weighted by atomic mass is 32.1. The zero-order chi connectivity index (χ0) is 23.4. The van der Waals surface area contributed by atoms with Crippen molar-refractivity contribution in [2.75, 3.05) is 25.5 Å². The molecule has 0 saturated heterocycles. The Morgan fingerprint density at radius 1 is 1.12 bits per heavy atom. The van der Waals surface area contributed by atoms with E-state index in [-0.39, 0.29) is 25.0 Å². The molecule has 0 aliphatic carbocycles. The monoisotopic (exact) mass is 461 g/mol. The van der Waals surface area contributed by atoms with Crippen molar-refractivity contribution in [2.24, 2.45) is 0 Å². The Labute approximate surface area is 195 Å². The number of carbonyl (C=O) groups excluding carboxylic acids is 2. The van der Waals surface area contributed by atoms with E-state index in [0.29, 0.717) is 28.9 Å². The smallest absolute Gasteiger partial charge is 0.258 e. The van der Waals surface area contributed by atoms with Crippen LogP contribution in [-0.4, -0.2) is 56.4 Å². The zero-order valence-corrected chi connectivity index (χ0v) is 19.1. The first-order valence-corrected chi connectivity index (χ1v) is 11.2. The van der Waals surface area contributed by atoms with E-state index in [9.17, 15) is 9.59 Å². The van der Waals surface area contributed by atoms with Crippen molar-refractivity contribution >= 4 is 40.1 Å². The fourth-order valence-electron chi connectivity index (χ4n) is 3.47. The third-order valence-electron chi connectivity index (χ3n) is 5.15. The molecule has 0 unspecified atom stereocenters. The highest BCUT2D eigenvalue weighted by Crippen LogP contribution is 2.24. The van der Waals surface area contributed by atoms with Crippen LogP contribution in [0.3, 0.4) is 0 Å². The summed E-state index contributed by atoms with van der Waals surface area (Å²) in [6.45, 7) is 1.91. The molecule has 0 atom stereocenters. The summed E-state index contributed by atoms with van der Waals surface area (Å²) in [4.78, 5) is 36.9. The highest BCUT2D eigenvalue weighted by molar-refractivity contribution is 7.06. The van der Waals surface area contributed by atoms with Crippen molar-refractivity contribution in [1.82, 2.24) is 19.2 Å². The van der Waals surface area contributed by atoms with Gasteiger partial charge in [-0.3, -0.25) is 14.6 Å². The molecule has 2 aromatic carbocycles. The molecule has 8 nitrogen and oxygen atoms in total. The number of carbonyl (C=O) groups is 2. The second-order valence-electron chi connectivity index (χ2n) is 7.58. The van der Waals surface area contributed by atoms with Crippen molar-refractivity contribution in [1.29, 1.82) is 0 Å². The number of rotatable bonds is 7. The van der Waals surface area contributed by atoms with Crippen LogP contribution in [0.4, 0.5) is 5.69 Å². The van der Waals surface area contributed by atoms with E-state index in [1.807, 2.05) is 24.3 Å². The lowest BCUT2D eigenvalue weighted by Gasteiger charge is -2.16. The Bertz CT molecular complexity index is 1320. The number of aliphatic hydroxyl groups is 1. The van der Waals surface area contributed by atoms with Crippen LogP contribution in [0.2, 0.25) is 0 Å². The first-order chi connectivity index (χ1) is 16.0. The molecule has 0 fully saturated rings. The summed E-state index contributed by atoms with van der Waals surface area (Å²) < 4.78 is 4.38. The number of fused-ring (bicyclic) bond motifs is 1. The van der Waals surface area contributed by atoms with Crippen LogP contribution in [-0.2, 0) is 6.42 Å². The van der Waals surface area contributed by atoms with E-state index in [1.165, 1.54) is 16.4 Å². The number of benzene rings is 2. The van der Waals surface area contributed by atoms with Crippen molar-refractivity contribution in [3.63, 3.8) is 0 Å². The first-order valence-electron chi connectivity index (χ1n) is 10.4. The number of anilines is 1. The van der Waals surface area contributed by atoms with E-state index < -0.39 is 0 Å². The topological polar surface area (TPSA) is 108 Å². The van der Waals surface area contributed by atoms with Crippen molar-refractivity contribution in [2.45, 2.75) is 13.3 Å². The average molecular weight is 462 g/mol. The van der Waals surface area contributed by atoms with Gasteiger partial charge in [0, 0.05) is 42.3 Å². The number of aliphatic hydroxyl groups excluding tert-OH is 1. The van der Waals surface area contributed by atoms with E-state index in [4.69, 9.17) is 5.11 Å². The van der Waals surface area contributed by atoms with E-state index in [0.717, 1.165) is 21.6 Å². The molecule has 4 aromatic rings. The van der Waals surface area contributed by atoms with Gasteiger partial charge < -0.3 is 15.3 Å². The van der Waals surface area contributed by atoms with Crippen LogP contribution in [0, 0.1) is 6.92 Å². The average Bonchev–Trinajstić information content (AvgIpc) is 3.18. The van der Waals surface area contributed by atoms with Crippen LogP contribution in [0.15, 0.2) is 54.7 Å². The van der Waals surface area contributed by atoms with Crippen LogP contribution in [0.25, 0.3) is 11.0 Å². The molecule has 2 heterocycles. The Kier molecular flexibility index (Phi) is 6.71. The Hall–Kier alpha value is -3.69. The quantitative estimate of drug-likeness (QED) is 0.437. The minimum atomic E-state index is -0.293. The molecule has 0 saturated carbocycles. The van der Waals surface area contributed by atoms with E-state index >= 15 is 0 Å². The summed E-state index contributed by atoms with van der Waals surface area (Å²) in [6, 6.07) is 14.4. The van der Waals surface area contributed by atoms with E-state index in [1.54, 1.807) is 44.4 Å². The lowest BCUT2D eigenvalue weighted by molar-refractivity contribution is 0.0766. The lowest BCUT2D eigenvalue weighted by atomic mass is 10.1. The van der Waals surface area contributed by atoms with Crippen molar-refractivity contribution in [3.8, 4) is 0 Å². The van der Waals surface area contributed by atoms with Crippen molar-refractivity contribution < 1.29 is 14.7 Å². The SMILES string of the molecule is Cc1nsc(Cc2cnc3ccccc3n2)c1C(=O)Nc1cccc(C(=O)N(C)CCO)c1. The van der Waals surface area contributed by atoms with Crippen LogP contribution >= 0.6 is 11.5 Å². The minimum Gasteiger partial charge on any atom is -0.395 e. The molecule has 9 heteroatoms. The molecule has 0 aliphatic rings. The summed E-state index contributed by atoms with van der Waals surface area (Å²) in [7, 11) is 1.62. The number of aryl methyl sites for hydroxylation is 1. The maximum atomic E-state index is 13.1. The first kappa shape index (κ1) is 22.5. The highest BCUT2D eigenvalue weighted by Gasteiger charge is 2.20. The number of nitrogens with one attached hydrogen (secondary N) is 1. The molecule has 0 bridgehead atoms. The van der Waals surface area contributed by atoms with Gasteiger partial charge in [-0.15, -0.1) is 0 Å². The summed E-state index contributed by atoms with van der Waals surface area (Å²) in [5.41, 5.74) is 4.45. The molecular weight excluding hydrogens is 438 g/mol. The van der Waals surface area contributed by atoms with Crippen LogP contribution in [0.5, 0.6) is 0 Å². The summed E-state index contributed by atoms with van der Waals surface area (Å²) >= 11 is 1.27. The molecule has 2 amide bonds. The van der Waals surface area contributed by atoms with Gasteiger partial charge in [-0.05, 0) is 48.8 Å². The molecule has 2 N–H and O–H groups in total. The van der Waals surface area contributed by atoms with Gasteiger partial charge in [0.2, 0.25) is 0 Å². The minimum absolute atomic E-state index is 0.118. The van der Waals surface area contributed by atoms with Crippen molar-refractivity contribution in [3.05, 3.63) is 82.1 Å². The molecule has 0 spiro atoms. The summed E-state index contributed by atoms with van der Waals surface area (Å²) in [5.74, 6) is -0.526. The van der Waals surface area contributed by atoms with Gasteiger partial charge in [0.25, 0.3) is 11.8 Å². The van der Waals surface area contributed by atoms with Gasteiger partial charge in [-0.2, -0.15) is 4.37 Å². The zero-order valence-electron chi connectivity index (χ0n) is 18.3. The van der Waals surface area contributed by atoms with Gasteiger partial charge in [0.15, 0.2) is 0 Å². The fourth-order valence-corrected chi connectivity index (χ4v) is 4.35. The van der Waals surface area contributed by atoms with Crippen LogP contribution in [0.1, 0.15) is 37.0 Å². The molecule has 0 radical (unpaired) electrons. The van der Waals surface area contributed by atoms with Gasteiger partial charge >= 0.3 is 0 Å². The number of likely N-dealkylation sites (N-methyl/N-ethyl adjacent to an activating group) is 1. The standard InChI is InChI=1S/C24H23N5O3S/c1-15-22(21(33-28-15)13-18-14-25-19-8-3-4-9-20(19)26-18)23(31)27-17-7-5-6-16(12-17)24(32)29(2)10-11-30/h3-9,12,14,30H,10-11,13H2,1-2H3,(H,27,31). The Morgan fingerprint density at radius 2 is 1.91 bits per heavy atom. The largest absolute Gasteiger partial charge is 0.395 e. The molecule has 33 heavy (non-hydrogen) atoms. The maximum absolute atomic E-state index is 13.1. The second-order valence-corrected chi connectivity index (χ2v) is 8.44. The Balaban J connectivity index is 1.54. The molecular formula is C24H23N5O3S. The maximum Gasteiger partial charge on any atom is 0.258 e. The van der Waals surface area contributed by atoms with Gasteiger partial charge in [0.1, 0.15) is 0 Å². The van der Waals surface area contributed by atoms with E-state index in [2.05, 4.69) is 19.7 Å². The number of amides is 2. The van der Waals surface area contributed by atoms with Gasteiger partial charge in [-0.25, -0.2) is 4.98 Å². The lowest BCUT2D eigenvalue weighted by Crippen LogP contribution is -2.29.